The molecule has 0 saturated carbocycles. The molecule has 0 fully saturated rings. The molecule has 2 aromatic rings. The first-order chi connectivity index (χ1) is 9.33. The van der Waals surface area contributed by atoms with Crippen molar-refractivity contribution in [3.05, 3.63) is 33.5 Å². The third-order valence-electron chi connectivity index (χ3n) is 2.31. The Morgan fingerprint density at radius 1 is 1.35 bits per heavy atom. The number of nitrogens with zero attached hydrogens (tertiary/aromatic N) is 2. The summed E-state index contributed by atoms with van der Waals surface area (Å²) in [6, 6.07) is 4.25. The smallest absolute Gasteiger partial charge is 0.299 e. The molecule has 1 aromatic carbocycles. The van der Waals surface area contributed by atoms with Crippen molar-refractivity contribution in [2.75, 3.05) is 0 Å². The Kier molecular flexibility index (Phi) is 4.72. The molecule has 0 aliphatic carbocycles. The largest absolute Gasteiger partial charge is 0.428 e. The van der Waals surface area contributed by atoms with Crippen molar-refractivity contribution < 1.29 is 9.13 Å². The van der Waals surface area contributed by atoms with E-state index in [1.165, 1.54) is 23.5 Å². The Morgan fingerprint density at radius 2 is 2.10 bits per heavy atom. The number of hydrogen-bond acceptors (Lipinski definition) is 5. The monoisotopic (exact) mass is 359 g/mol. The number of rotatable bonds is 4. The van der Waals surface area contributed by atoms with E-state index >= 15 is 0 Å². The molecule has 0 unspecified atom stereocenters. The van der Waals surface area contributed by atoms with Crippen molar-refractivity contribution in [2.24, 2.45) is 0 Å². The number of hydrogen-bond donors (Lipinski definition) is 1. The van der Waals surface area contributed by atoms with E-state index in [4.69, 9.17) is 4.74 Å². The van der Waals surface area contributed by atoms with Crippen molar-refractivity contribution in [2.45, 2.75) is 32.9 Å². The van der Waals surface area contributed by atoms with Crippen LogP contribution >= 0.6 is 27.3 Å². The molecule has 108 valence electrons. The van der Waals surface area contributed by atoms with Crippen molar-refractivity contribution in [3.8, 4) is 10.9 Å². The topological polar surface area (TPSA) is 47.0 Å². The quantitative estimate of drug-likeness (QED) is 0.891. The standard InChI is InChI=1S/C13H15BrFN3OS/c1-13(2,3)16-7-11-17-18-12(20-11)19-10-6-8(15)4-5-9(10)14/h4-6,16H,7H2,1-3H3. The first kappa shape index (κ1) is 15.3. The van der Waals surface area contributed by atoms with Crippen LogP contribution < -0.4 is 10.1 Å². The van der Waals surface area contributed by atoms with Crippen LogP contribution in [0, 0.1) is 5.82 Å². The van der Waals surface area contributed by atoms with E-state index < -0.39 is 0 Å². The highest BCUT2D eigenvalue weighted by Gasteiger charge is 2.13. The van der Waals surface area contributed by atoms with Gasteiger partial charge in [-0.1, -0.05) is 16.4 Å². The number of aromatic nitrogens is 2. The van der Waals surface area contributed by atoms with Gasteiger partial charge >= 0.3 is 0 Å². The van der Waals surface area contributed by atoms with E-state index in [1.807, 2.05) is 0 Å². The molecule has 1 heterocycles. The average molecular weight is 360 g/mol. The van der Waals surface area contributed by atoms with Gasteiger partial charge in [-0.15, -0.1) is 5.10 Å². The van der Waals surface area contributed by atoms with Gasteiger partial charge in [0.1, 0.15) is 16.6 Å². The minimum atomic E-state index is -0.359. The lowest BCUT2D eigenvalue weighted by molar-refractivity contribution is 0.422. The minimum Gasteiger partial charge on any atom is -0.428 e. The number of nitrogens with one attached hydrogen (secondary N) is 1. The number of ether oxygens (including phenoxy) is 1. The van der Waals surface area contributed by atoms with Crippen LogP contribution in [0.5, 0.6) is 10.9 Å². The Bertz CT molecular complexity index is 598. The third kappa shape index (κ3) is 4.50. The summed E-state index contributed by atoms with van der Waals surface area (Å²) < 4.78 is 19.4. The van der Waals surface area contributed by atoms with Gasteiger partial charge in [0.05, 0.1) is 11.0 Å². The lowest BCUT2D eigenvalue weighted by Gasteiger charge is -2.19. The van der Waals surface area contributed by atoms with Crippen LogP contribution in [0.2, 0.25) is 0 Å². The van der Waals surface area contributed by atoms with Crippen LogP contribution in [-0.4, -0.2) is 15.7 Å². The summed E-state index contributed by atoms with van der Waals surface area (Å²) >= 11 is 4.64. The second kappa shape index (κ2) is 6.15. The fourth-order valence-electron chi connectivity index (χ4n) is 1.34. The van der Waals surface area contributed by atoms with Crippen LogP contribution in [0.1, 0.15) is 25.8 Å². The molecule has 0 saturated heterocycles. The van der Waals surface area contributed by atoms with Crippen LogP contribution in [0.25, 0.3) is 0 Å². The molecule has 0 bridgehead atoms. The van der Waals surface area contributed by atoms with Gasteiger partial charge < -0.3 is 10.1 Å². The van der Waals surface area contributed by atoms with Gasteiger partial charge in [-0.2, -0.15) is 0 Å². The molecule has 2 rings (SSSR count). The van der Waals surface area contributed by atoms with E-state index in [0.29, 0.717) is 22.0 Å². The Morgan fingerprint density at radius 3 is 2.80 bits per heavy atom. The zero-order valence-electron chi connectivity index (χ0n) is 11.4. The Hall–Kier alpha value is -1.05. The molecule has 0 amide bonds. The summed E-state index contributed by atoms with van der Waals surface area (Å²) in [5.41, 5.74) is 0.0122. The molecule has 0 atom stereocenters. The zero-order valence-corrected chi connectivity index (χ0v) is 13.8. The first-order valence-electron chi connectivity index (χ1n) is 6.04. The maximum absolute atomic E-state index is 13.2. The van der Waals surface area contributed by atoms with Gasteiger partial charge in [0.2, 0.25) is 0 Å². The van der Waals surface area contributed by atoms with Crippen LogP contribution in [0.15, 0.2) is 22.7 Å². The molecule has 0 aliphatic heterocycles. The Labute approximate surface area is 129 Å². The summed E-state index contributed by atoms with van der Waals surface area (Å²) in [5.74, 6) is 0.0267. The minimum absolute atomic E-state index is 0.0122. The zero-order chi connectivity index (χ0) is 14.8. The van der Waals surface area contributed by atoms with Crippen LogP contribution in [-0.2, 0) is 6.54 Å². The van der Waals surface area contributed by atoms with E-state index in [9.17, 15) is 4.39 Å². The van der Waals surface area contributed by atoms with Gasteiger partial charge in [-0.25, -0.2) is 4.39 Å². The second-order valence-electron chi connectivity index (χ2n) is 5.24. The maximum Gasteiger partial charge on any atom is 0.299 e. The van der Waals surface area contributed by atoms with Crippen molar-refractivity contribution >= 4 is 27.3 Å². The SMILES string of the molecule is CC(C)(C)NCc1nnc(Oc2cc(F)ccc2Br)s1. The predicted octanol–water partition coefficient (Wildman–Crippen LogP) is 4.12. The predicted molar refractivity (Wildman–Crippen MR) is 80.7 cm³/mol. The summed E-state index contributed by atoms with van der Waals surface area (Å²) in [7, 11) is 0. The van der Waals surface area contributed by atoms with E-state index in [2.05, 4.69) is 52.2 Å². The molecule has 4 nitrogen and oxygen atoms in total. The maximum atomic E-state index is 13.2. The van der Waals surface area contributed by atoms with Gasteiger partial charge in [0, 0.05) is 11.6 Å². The van der Waals surface area contributed by atoms with Crippen molar-refractivity contribution in [1.29, 1.82) is 0 Å². The lowest BCUT2D eigenvalue weighted by Crippen LogP contribution is -2.35. The van der Waals surface area contributed by atoms with Crippen molar-refractivity contribution in [3.63, 3.8) is 0 Å². The van der Waals surface area contributed by atoms with Gasteiger partial charge in [-0.3, -0.25) is 0 Å². The molecule has 0 spiro atoms. The highest BCUT2D eigenvalue weighted by Crippen LogP contribution is 2.31. The molecule has 0 radical (unpaired) electrons. The molecule has 20 heavy (non-hydrogen) atoms. The second-order valence-corrected chi connectivity index (χ2v) is 7.12. The lowest BCUT2D eigenvalue weighted by atomic mass is 10.1. The fraction of sp³-hybridized carbons (Fsp3) is 0.385. The number of halogens is 2. The molecule has 1 N–H and O–H groups in total. The van der Waals surface area contributed by atoms with Gasteiger partial charge in [-0.05, 0) is 48.8 Å². The molecule has 1 aromatic heterocycles. The van der Waals surface area contributed by atoms with Crippen molar-refractivity contribution in [1.82, 2.24) is 15.5 Å². The van der Waals surface area contributed by atoms with Gasteiger partial charge in [0.25, 0.3) is 5.19 Å². The van der Waals surface area contributed by atoms with Crippen LogP contribution in [0.4, 0.5) is 4.39 Å². The third-order valence-corrected chi connectivity index (χ3v) is 3.77. The first-order valence-corrected chi connectivity index (χ1v) is 7.65. The molecule has 0 aliphatic rings. The summed E-state index contributed by atoms with van der Waals surface area (Å²) in [4.78, 5) is 0. The highest BCUT2D eigenvalue weighted by atomic mass is 79.9. The van der Waals surface area contributed by atoms with Crippen LogP contribution in [0.3, 0.4) is 0 Å². The fourth-order valence-corrected chi connectivity index (χ4v) is 2.31. The summed E-state index contributed by atoms with van der Waals surface area (Å²) in [6.07, 6.45) is 0. The molecular weight excluding hydrogens is 345 g/mol. The van der Waals surface area contributed by atoms with E-state index in [1.54, 1.807) is 6.07 Å². The normalized spacial score (nSPS) is 11.7. The summed E-state index contributed by atoms with van der Waals surface area (Å²) in [6.45, 7) is 6.86. The summed E-state index contributed by atoms with van der Waals surface area (Å²) in [5, 5.41) is 12.5. The van der Waals surface area contributed by atoms with E-state index in [-0.39, 0.29) is 11.4 Å². The molecular formula is C13H15BrFN3OS. The Balaban J connectivity index is 2.04. The highest BCUT2D eigenvalue weighted by molar-refractivity contribution is 9.10. The van der Waals surface area contributed by atoms with Gasteiger partial charge in [0.15, 0.2) is 0 Å². The number of benzene rings is 1. The average Bonchev–Trinajstić information content (AvgIpc) is 2.78. The van der Waals surface area contributed by atoms with E-state index in [0.717, 1.165) is 5.01 Å². The molecule has 7 heteroatoms.